The third-order valence-electron chi connectivity index (χ3n) is 3.72. The second kappa shape index (κ2) is 4.88. The fourth-order valence-corrected chi connectivity index (χ4v) is 3.08. The van der Waals surface area contributed by atoms with Crippen LogP contribution in [0.1, 0.15) is 36.8 Å². The lowest BCUT2D eigenvalue weighted by Crippen LogP contribution is -2.15. The Morgan fingerprint density at radius 3 is 2.47 bits per heavy atom. The summed E-state index contributed by atoms with van der Waals surface area (Å²) in [4.78, 5) is 9.22. The van der Waals surface area contributed by atoms with Crippen LogP contribution in [-0.2, 0) is 11.8 Å². The topological polar surface area (TPSA) is 25.8 Å². The zero-order chi connectivity index (χ0) is 13.5. The zero-order valence-corrected chi connectivity index (χ0v) is 13.0. The van der Waals surface area contributed by atoms with Gasteiger partial charge in [0, 0.05) is 0 Å². The molecule has 3 rings (SSSR count). The normalized spacial score (nSPS) is 16.4. The number of nitrogens with zero attached hydrogens (tertiary/aromatic N) is 2. The van der Waals surface area contributed by atoms with Gasteiger partial charge in [0.25, 0.3) is 0 Å². The van der Waals surface area contributed by atoms with Gasteiger partial charge in [-0.25, -0.2) is 9.97 Å². The molecule has 0 aliphatic heterocycles. The van der Waals surface area contributed by atoms with Gasteiger partial charge in [-0.1, -0.05) is 48.9 Å². The highest BCUT2D eigenvalue weighted by Gasteiger charge is 2.48. The van der Waals surface area contributed by atoms with Crippen molar-refractivity contribution in [1.29, 1.82) is 0 Å². The minimum Gasteiger partial charge on any atom is -0.236 e. The first-order chi connectivity index (χ1) is 9.17. The van der Waals surface area contributed by atoms with Crippen molar-refractivity contribution in [2.24, 2.45) is 0 Å². The van der Waals surface area contributed by atoms with Gasteiger partial charge in [-0.05, 0) is 40.8 Å². The van der Waals surface area contributed by atoms with Gasteiger partial charge in [0.2, 0.25) is 0 Å². The number of aryl methyl sites for hydroxylation is 1. The average molecular weight is 338 g/mol. The van der Waals surface area contributed by atoms with E-state index < -0.39 is 0 Å². The molecule has 19 heavy (non-hydrogen) atoms. The van der Waals surface area contributed by atoms with Crippen molar-refractivity contribution >= 4 is 27.5 Å². The van der Waals surface area contributed by atoms with Crippen LogP contribution in [-0.4, -0.2) is 9.97 Å². The lowest BCUT2D eigenvalue weighted by atomic mass is 9.95. The van der Waals surface area contributed by atoms with Crippen LogP contribution >= 0.6 is 27.5 Å². The number of benzene rings is 1. The molecule has 98 valence electrons. The summed E-state index contributed by atoms with van der Waals surface area (Å²) in [6, 6.07) is 10.5. The third-order valence-corrected chi connectivity index (χ3v) is 5.05. The van der Waals surface area contributed by atoms with Crippen LogP contribution in [0.4, 0.5) is 0 Å². The Bertz CT molecular complexity index is 609. The molecule has 1 saturated carbocycles. The first-order valence-corrected chi connectivity index (χ1v) is 7.62. The first kappa shape index (κ1) is 13.1. The highest BCUT2D eigenvalue weighted by molar-refractivity contribution is 9.10. The lowest BCUT2D eigenvalue weighted by molar-refractivity contribution is 0.738. The van der Waals surface area contributed by atoms with Crippen LogP contribution in [0.5, 0.6) is 0 Å². The summed E-state index contributed by atoms with van der Waals surface area (Å²) in [5, 5.41) is 0.518. The van der Waals surface area contributed by atoms with E-state index in [0.717, 1.165) is 35.3 Å². The molecule has 0 radical (unpaired) electrons. The maximum Gasteiger partial charge on any atom is 0.147 e. The highest BCUT2D eigenvalue weighted by Crippen LogP contribution is 2.52. The minimum absolute atomic E-state index is 0.0183. The smallest absolute Gasteiger partial charge is 0.147 e. The molecule has 0 spiro atoms. The van der Waals surface area contributed by atoms with Crippen LogP contribution in [0.3, 0.4) is 0 Å². The Kier molecular flexibility index (Phi) is 3.35. The second-order valence-electron chi connectivity index (χ2n) is 4.90. The maximum absolute atomic E-state index is 6.22. The van der Waals surface area contributed by atoms with Crippen molar-refractivity contribution < 1.29 is 0 Å². The predicted octanol–water partition coefficient (Wildman–Crippen LogP) is 4.53. The van der Waals surface area contributed by atoms with Gasteiger partial charge in [0.1, 0.15) is 11.0 Å². The molecule has 1 aliphatic rings. The van der Waals surface area contributed by atoms with Crippen LogP contribution in [0.15, 0.2) is 34.8 Å². The van der Waals surface area contributed by atoms with Gasteiger partial charge >= 0.3 is 0 Å². The second-order valence-corrected chi connectivity index (χ2v) is 6.05. The van der Waals surface area contributed by atoms with Gasteiger partial charge in [-0.2, -0.15) is 0 Å². The number of hydrogen-bond acceptors (Lipinski definition) is 2. The monoisotopic (exact) mass is 336 g/mol. The Morgan fingerprint density at radius 1 is 1.21 bits per heavy atom. The molecule has 0 amide bonds. The number of hydrogen-bond donors (Lipinski definition) is 0. The Hall–Kier alpha value is -0.930. The summed E-state index contributed by atoms with van der Waals surface area (Å²) in [6.45, 7) is 2.08. The summed E-state index contributed by atoms with van der Waals surface area (Å²) in [5.74, 6) is 0.865. The average Bonchev–Trinajstić information content (AvgIpc) is 3.24. The number of halogens is 2. The van der Waals surface area contributed by atoms with Crippen molar-refractivity contribution in [1.82, 2.24) is 9.97 Å². The Labute approximate surface area is 126 Å². The van der Waals surface area contributed by atoms with E-state index >= 15 is 0 Å². The quantitative estimate of drug-likeness (QED) is 0.769. The highest BCUT2D eigenvalue weighted by atomic mass is 79.9. The van der Waals surface area contributed by atoms with Gasteiger partial charge in [-0.3, -0.25) is 0 Å². The summed E-state index contributed by atoms with van der Waals surface area (Å²) in [7, 11) is 0. The fraction of sp³-hybridized carbons (Fsp3) is 0.333. The first-order valence-electron chi connectivity index (χ1n) is 6.45. The van der Waals surface area contributed by atoms with Gasteiger partial charge < -0.3 is 0 Å². The molecular formula is C15H14BrClN2. The van der Waals surface area contributed by atoms with E-state index in [-0.39, 0.29) is 5.41 Å². The molecule has 1 aromatic heterocycles. The molecule has 2 nitrogen and oxygen atoms in total. The summed E-state index contributed by atoms with van der Waals surface area (Å²) >= 11 is 9.68. The number of aromatic nitrogens is 2. The molecule has 0 N–H and O–H groups in total. The van der Waals surface area contributed by atoms with Gasteiger partial charge in [0.05, 0.1) is 15.6 Å². The largest absolute Gasteiger partial charge is 0.236 e. The van der Waals surface area contributed by atoms with Crippen molar-refractivity contribution in [3.8, 4) is 0 Å². The van der Waals surface area contributed by atoms with E-state index in [1.807, 2.05) is 6.07 Å². The minimum atomic E-state index is -0.0183. The SMILES string of the molecule is CCc1nc(C2(c3ccccc3)CC2)nc(Cl)c1Br. The van der Waals surface area contributed by atoms with E-state index in [2.05, 4.69) is 52.1 Å². The van der Waals surface area contributed by atoms with E-state index in [1.54, 1.807) is 0 Å². The van der Waals surface area contributed by atoms with E-state index in [0.29, 0.717) is 5.15 Å². The summed E-state index contributed by atoms with van der Waals surface area (Å²) in [5.41, 5.74) is 2.25. The van der Waals surface area contributed by atoms with Crippen LogP contribution in [0, 0.1) is 0 Å². The summed E-state index contributed by atoms with van der Waals surface area (Å²) < 4.78 is 0.823. The van der Waals surface area contributed by atoms with Crippen molar-refractivity contribution in [2.75, 3.05) is 0 Å². The predicted molar refractivity (Wildman–Crippen MR) is 80.6 cm³/mol. The van der Waals surface area contributed by atoms with Crippen LogP contribution in [0.25, 0.3) is 0 Å². The molecule has 0 bridgehead atoms. The van der Waals surface area contributed by atoms with E-state index in [1.165, 1.54) is 5.56 Å². The van der Waals surface area contributed by atoms with Gasteiger partial charge in [-0.15, -0.1) is 0 Å². The van der Waals surface area contributed by atoms with Gasteiger partial charge in [0.15, 0.2) is 0 Å². The third kappa shape index (κ3) is 2.19. The molecule has 1 fully saturated rings. The Balaban J connectivity index is 2.10. The standard InChI is InChI=1S/C15H14BrClN2/c1-2-11-12(16)13(17)19-14(18-11)15(8-9-15)10-6-4-3-5-7-10/h3-7H,2,8-9H2,1H3. The molecule has 1 heterocycles. The molecule has 1 aromatic carbocycles. The molecule has 0 atom stereocenters. The maximum atomic E-state index is 6.22. The molecular weight excluding hydrogens is 324 g/mol. The number of rotatable bonds is 3. The molecule has 4 heteroatoms. The summed E-state index contributed by atoms with van der Waals surface area (Å²) in [6.07, 6.45) is 3.04. The van der Waals surface area contributed by atoms with Crippen LogP contribution < -0.4 is 0 Å². The van der Waals surface area contributed by atoms with E-state index in [4.69, 9.17) is 16.6 Å². The zero-order valence-electron chi connectivity index (χ0n) is 10.7. The fourth-order valence-electron chi connectivity index (χ4n) is 2.43. The molecule has 0 unspecified atom stereocenters. The molecule has 2 aromatic rings. The van der Waals surface area contributed by atoms with Crippen LogP contribution in [0.2, 0.25) is 5.15 Å². The van der Waals surface area contributed by atoms with Crippen molar-refractivity contribution in [2.45, 2.75) is 31.6 Å². The van der Waals surface area contributed by atoms with Crippen molar-refractivity contribution in [3.05, 3.63) is 57.0 Å². The molecule has 0 saturated heterocycles. The lowest BCUT2D eigenvalue weighted by Gasteiger charge is -2.16. The van der Waals surface area contributed by atoms with Crippen molar-refractivity contribution in [3.63, 3.8) is 0 Å². The Morgan fingerprint density at radius 2 is 1.89 bits per heavy atom. The van der Waals surface area contributed by atoms with E-state index in [9.17, 15) is 0 Å². The molecule has 1 aliphatic carbocycles.